The van der Waals surface area contributed by atoms with E-state index in [1.54, 1.807) is 6.20 Å². The van der Waals surface area contributed by atoms with Gasteiger partial charge in [-0.2, -0.15) is 0 Å². The number of rotatable bonds is 5. The van der Waals surface area contributed by atoms with E-state index in [2.05, 4.69) is 23.9 Å². The Bertz CT molecular complexity index is 330. The summed E-state index contributed by atoms with van der Waals surface area (Å²) >= 11 is 0. The molecule has 3 nitrogen and oxygen atoms in total. The van der Waals surface area contributed by atoms with E-state index >= 15 is 0 Å². The number of likely N-dealkylation sites (N-methyl/N-ethyl adjacent to an activating group) is 1. The average Bonchev–Trinajstić information content (AvgIpc) is 3.11. The molecule has 1 unspecified atom stereocenters. The van der Waals surface area contributed by atoms with Crippen molar-refractivity contribution in [2.45, 2.75) is 32.2 Å². The quantitative estimate of drug-likeness (QED) is 0.823. The molecule has 0 bridgehead atoms. The van der Waals surface area contributed by atoms with Gasteiger partial charge in [0.25, 0.3) is 0 Å². The molecular formula is C13H21N3. The van der Waals surface area contributed by atoms with Crippen LogP contribution in [0, 0.1) is 5.92 Å². The summed E-state index contributed by atoms with van der Waals surface area (Å²) in [6.07, 6.45) is 5.56. The maximum absolute atomic E-state index is 5.61. The van der Waals surface area contributed by atoms with Gasteiger partial charge in [0.1, 0.15) is 0 Å². The molecule has 1 aliphatic carbocycles. The predicted octanol–water partition coefficient (Wildman–Crippen LogP) is 1.94. The van der Waals surface area contributed by atoms with Gasteiger partial charge in [-0.25, -0.2) is 0 Å². The minimum absolute atomic E-state index is 0.716. The van der Waals surface area contributed by atoms with Gasteiger partial charge < -0.3 is 10.6 Å². The summed E-state index contributed by atoms with van der Waals surface area (Å²) in [4.78, 5) is 6.76. The molecule has 0 saturated heterocycles. The molecule has 0 aliphatic heterocycles. The van der Waals surface area contributed by atoms with Crippen LogP contribution in [0.25, 0.3) is 0 Å². The van der Waals surface area contributed by atoms with Crippen molar-refractivity contribution in [3.05, 3.63) is 24.0 Å². The highest BCUT2D eigenvalue weighted by molar-refractivity contribution is 5.34. The Kier molecular flexibility index (Phi) is 3.44. The van der Waals surface area contributed by atoms with Crippen molar-refractivity contribution in [3.8, 4) is 0 Å². The number of nitrogens with two attached hydrogens (primary N) is 1. The zero-order valence-electron chi connectivity index (χ0n) is 10.2. The Balaban J connectivity index is 1.79. The van der Waals surface area contributed by atoms with Crippen molar-refractivity contribution < 1.29 is 0 Å². The van der Waals surface area contributed by atoms with Crippen LogP contribution in [0.1, 0.15) is 25.5 Å². The fourth-order valence-electron chi connectivity index (χ4n) is 2.02. The molecule has 1 fully saturated rings. The highest BCUT2D eigenvalue weighted by Gasteiger charge is 2.30. The highest BCUT2D eigenvalue weighted by atomic mass is 15.1. The van der Waals surface area contributed by atoms with E-state index in [0.717, 1.165) is 30.3 Å². The molecular weight excluding hydrogens is 198 g/mol. The van der Waals surface area contributed by atoms with Gasteiger partial charge in [-0.3, -0.25) is 4.98 Å². The lowest BCUT2D eigenvalue weighted by Gasteiger charge is -2.24. The van der Waals surface area contributed by atoms with Crippen LogP contribution in [0.4, 0.5) is 5.69 Å². The normalized spacial score (nSPS) is 17.7. The number of hydrogen-bond acceptors (Lipinski definition) is 3. The third kappa shape index (κ3) is 2.95. The molecule has 1 atom stereocenters. The number of nitrogens with zero attached hydrogens (tertiary/aromatic N) is 2. The first kappa shape index (κ1) is 11.4. The Morgan fingerprint density at radius 3 is 2.81 bits per heavy atom. The Morgan fingerprint density at radius 2 is 2.25 bits per heavy atom. The molecule has 1 aliphatic rings. The summed E-state index contributed by atoms with van der Waals surface area (Å²) in [5.74, 6) is 0.935. The van der Waals surface area contributed by atoms with Crippen LogP contribution in [-0.2, 0) is 6.42 Å². The van der Waals surface area contributed by atoms with Crippen molar-refractivity contribution >= 4 is 5.69 Å². The van der Waals surface area contributed by atoms with Crippen LogP contribution in [0.5, 0.6) is 0 Å². The maximum Gasteiger partial charge on any atom is 0.0501 e. The molecule has 1 heterocycles. The molecule has 3 heteroatoms. The van der Waals surface area contributed by atoms with Crippen molar-refractivity contribution in [3.63, 3.8) is 0 Å². The van der Waals surface area contributed by atoms with Gasteiger partial charge >= 0.3 is 0 Å². The summed E-state index contributed by atoms with van der Waals surface area (Å²) in [6, 6.07) is 4.66. The number of hydrogen-bond donors (Lipinski definition) is 1. The van der Waals surface area contributed by atoms with Gasteiger partial charge in [-0.05, 0) is 44.9 Å². The van der Waals surface area contributed by atoms with Crippen LogP contribution < -0.4 is 5.73 Å². The van der Waals surface area contributed by atoms with Gasteiger partial charge in [0.05, 0.1) is 11.9 Å². The summed E-state index contributed by atoms with van der Waals surface area (Å²) in [5, 5.41) is 0. The zero-order chi connectivity index (χ0) is 11.5. The van der Waals surface area contributed by atoms with Gasteiger partial charge in [-0.15, -0.1) is 0 Å². The van der Waals surface area contributed by atoms with Crippen LogP contribution in [0.15, 0.2) is 18.3 Å². The smallest absolute Gasteiger partial charge is 0.0501 e. The van der Waals surface area contributed by atoms with Crippen LogP contribution in [0.3, 0.4) is 0 Å². The first-order chi connectivity index (χ1) is 7.66. The first-order valence-corrected chi connectivity index (χ1v) is 6.07. The molecule has 0 spiro atoms. The largest absolute Gasteiger partial charge is 0.397 e. The fourth-order valence-corrected chi connectivity index (χ4v) is 2.02. The lowest BCUT2D eigenvalue weighted by atomic mass is 10.1. The summed E-state index contributed by atoms with van der Waals surface area (Å²) in [5.41, 5.74) is 7.47. The standard InChI is InChI=1S/C13H21N3/c1-10(11-3-4-11)16(2)8-7-13-6-5-12(14)9-15-13/h5-6,9-11H,3-4,7-8,14H2,1-2H3. The summed E-state index contributed by atoms with van der Waals surface area (Å²) in [7, 11) is 2.21. The fraction of sp³-hybridized carbons (Fsp3) is 0.615. The molecule has 1 saturated carbocycles. The Labute approximate surface area is 97.7 Å². The van der Waals surface area contributed by atoms with E-state index in [1.165, 1.54) is 12.8 Å². The minimum atomic E-state index is 0.716. The summed E-state index contributed by atoms with van der Waals surface area (Å²) in [6.45, 7) is 3.41. The average molecular weight is 219 g/mol. The van der Waals surface area contributed by atoms with E-state index in [1.807, 2.05) is 12.1 Å². The molecule has 1 aromatic heterocycles. The molecule has 0 amide bonds. The summed E-state index contributed by atoms with van der Waals surface area (Å²) < 4.78 is 0. The third-order valence-electron chi connectivity index (χ3n) is 3.57. The predicted molar refractivity (Wildman–Crippen MR) is 67.2 cm³/mol. The molecule has 88 valence electrons. The molecule has 2 rings (SSSR count). The Hall–Kier alpha value is -1.09. The van der Waals surface area contributed by atoms with E-state index in [0.29, 0.717) is 6.04 Å². The van der Waals surface area contributed by atoms with Crippen molar-refractivity contribution in [1.82, 2.24) is 9.88 Å². The van der Waals surface area contributed by atoms with E-state index in [-0.39, 0.29) is 0 Å². The number of anilines is 1. The van der Waals surface area contributed by atoms with E-state index < -0.39 is 0 Å². The minimum Gasteiger partial charge on any atom is -0.397 e. The lowest BCUT2D eigenvalue weighted by molar-refractivity contribution is 0.237. The second-order valence-corrected chi connectivity index (χ2v) is 4.89. The SMILES string of the molecule is CC(C1CC1)N(C)CCc1ccc(N)cn1. The van der Waals surface area contributed by atoms with Gasteiger partial charge in [0.15, 0.2) is 0 Å². The van der Waals surface area contributed by atoms with Crippen LogP contribution >= 0.6 is 0 Å². The Morgan fingerprint density at radius 1 is 1.50 bits per heavy atom. The third-order valence-corrected chi connectivity index (χ3v) is 3.57. The number of pyridine rings is 1. The molecule has 1 aromatic rings. The van der Waals surface area contributed by atoms with Crippen LogP contribution in [-0.4, -0.2) is 29.5 Å². The van der Waals surface area contributed by atoms with E-state index in [9.17, 15) is 0 Å². The van der Waals surface area contributed by atoms with Gasteiger partial charge in [0.2, 0.25) is 0 Å². The van der Waals surface area contributed by atoms with Gasteiger partial charge in [0, 0.05) is 24.7 Å². The van der Waals surface area contributed by atoms with Crippen LogP contribution in [0.2, 0.25) is 0 Å². The lowest BCUT2D eigenvalue weighted by Crippen LogP contribution is -2.32. The molecule has 0 aromatic carbocycles. The molecule has 0 radical (unpaired) electrons. The van der Waals surface area contributed by atoms with Crippen molar-refractivity contribution in [2.24, 2.45) is 5.92 Å². The van der Waals surface area contributed by atoms with Crippen molar-refractivity contribution in [1.29, 1.82) is 0 Å². The maximum atomic E-state index is 5.61. The first-order valence-electron chi connectivity index (χ1n) is 6.07. The number of nitrogen functional groups attached to an aromatic ring is 1. The zero-order valence-corrected chi connectivity index (χ0v) is 10.2. The van der Waals surface area contributed by atoms with E-state index in [4.69, 9.17) is 5.73 Å². The second-order valence-electron chi connectivity index (χ2n) is 4.89. The van der Waals surface area contributed by atoms with Gasteiger partial charge in [-0.1, -0.05) is 0 Å². The molecule has 16 heavy (non-hydrogen) atoms. The highest BCUT2D eigenvalue weighted by Crippen LogP contribution is 2.34. The van der Waals surface area contributed by atoms with Crippen molar-refractivity contribution in [2.75, 3.05) is 19.3 Å². The topological polar surface area (TPSA) is 42.1 Å². The monoisotopic (exact) mass is 219 g/mol. The second kappa shape index (κ2) is 4.83. The number of aromatic nitrogens is 1. The molecule has 2 N–H and O–H groups in total.